The van der Waals surface area contributed by atoms with E-state index in [0.717, 1.165) is 17.4 Å². The van der Waals surface area contributed by atoms with Crippen LogP contribution >= 0.6 is 0 Å². The Morgan fingerprint density at radius 3 is 2.60 bits per heavy atom. The zero-order valence-corrected chi connectivity index (χ0v) is 13.6. The van der Waals surface area contributed by atoms with Crippen LogP contribution in [0.4, 0.5) is 19.3 Å². The normalized spacial score (nSPS) is 19.5. The summed E-state index contributed by atoms with van der Waals surface area (Å²) in [5.41, 5.74) is 0.926. The van der Waals surface area contributed by atoms with Gasteiger partial charge < -0.3 is 20.1 Å². The van der Waals surface area contributed by atoms with Gasteiger partial charge in [-0.2, -0.15) is 0 Å². The molecule has 3 rings (SSSR count). The summed E-state index contributed by atoms with van der Waals surface area (Å²) in [5.74, 6) is -0.803. The quantitative estimate of drug-likeness (QED) is 0.891. The summed E-state index contributed by atoms with van der Waals surface area (Å²) in [6, 6.07) is 9.69. The summed E-state index contributed by atoms with van der Waals surface area (Å²) in [7, 11) is 1.59. The van der Waals surface area contributed by atoms with Crippen molar-refractivity contribution in [3.8, 4) is 5.75 Å². The molecular weight excluding hydrogens is 330 g/mol. The predicted octanol–water partition coefficient (Wildman–Crippen LogP) is 3.28. The van der Waals surface area contributed by atoms with E-state index in [1.807, 2.05) is 24.3 Å². The Bertz CT molecular complexity index is 752. The molecule has 132 valence electrons. The Hall–Kier alpha value is -2.67. The van der Waals surface area contributed by atoms with E-state index in [1.165, 1.54) is 6.07 Å². The van der Waals surface area contributed by atoms with E-state index >= 15 is 0 Å². The number of rotatable bonds is 4. The van der Waals surface area contributed by atoms with Crippen LogP contribution in [0.3, 0.4) is 0 Å². The number of nitrogens with one attached hydrogen (secondary N) is 2. The van der Waals surface area contributed by atoms with Crippen molar-refractivity contribution in [2.24, 2.45) is 0 Å². The highest BCUT2D eigenvalue weighted by molar-refractivity contribution is 5.89. The number of carbonyl (C=O) groups is 1. The molecule has 0 unspecified atom stereocenters. The minimum atomic E-state index is -0.829. The molecule has 0 bridgehead atoms. The smallest absolute Gasteiger partial charge is 0.319 e. The van der Waals surface area contributed by atoms with Crippen LogP contribution in [0.15, 0.2) is 42.5 Å². The van der Waals surface area contributed by atoms with E-state index in [0.29, 0.717) is 19.3 Å². The molecule has 1 heterocycles. The van der Waals surface area contributed by atoms with Gasteiger partial charge in [-0.05, 0) is 29.8 Å². The molecule has 1 aliphatic rings. The Labute approximate surface area is 143 Å². The number of urea groups is 1. The van der Waals surface area contributed by atoms with Crippen molar-refractivity contribution in [3.05, 3.63) is 59.7 Å². The van der Waals surface area contributed by atoms with E-state index in [9.17, 15) is 13.6 Å². The maximum absolute atomic E-state index is 13.6. The Balaban J connectivity index is 1.65. The molecule has 2 aromatic rings. The lowest BCUT2D eigenvalue weighted by atomic mass is 9.94. The molecule has 7 heteroatoms. The van der Waals surface area contributed by atoms with Gasteiger partial charge in [0.15, 0.2) is 0 Å². The highest BCUT2D eigenvalue weighted by atomic mass is 19.1. The van der Waals surface area contributed by atoms with Crippen LogP contribution in [0.2, 0.25) is 0 Å². The second kappa shape index (κ2) is 7.48. The third kappa shape index (κ3) is 4.06. The molecule has 0 saturated carbocycles. The first-order chi connectivity index (χ1) is 12.1. The lowest BCUT2D eigenvalue weighted by Crippen LogP contribution is -2.41. The van der Waals surface area contributed by atoms with Crippen molar-refractivity contribution in [2.45, 2.75) is 12.0 Å². The van der Waals surface area contributed by atoms with Crippen molar-refractivity contribution < 1.29 is 23.0 Å². The van der Waals surface area contributed by atoms with Gasteiger partial charge in [0.05, 0.1) is 32.1 Å². The van der Waals surface area contributed by atoms with Crippen molar-refractivity contribution >= 4 is 11.7 Å². The average Bonchev–Trinajstić information content (AvgIpc) is 3.05. The summed E-state index contributed by atoms with van der Waals surface area (Å²) in [4.78, 5) is 12.1. The second-order valence-electron chi connectivity index (χ2n) is 5.75. The topological polar surface area (TPSA) is 59.6 Å². The fourth-order valence-corrected chi connectivity index (χ4v) is 2.79. The summed E-state index contributed by atoms with van der Waals surface area (Å²) in [6.45, 7) is 0.832. The van der Waals surface area contributed by atoms with Gasteiger partial charge in [-0.25, -0.2) is 13.6 Å². The fourth-order valence-electron chi connectivity index (χ4n) is 2.79. The molecule has 1 fully saturated rings. The van der Waals surface area contributed by atoms with Gasteiger partial charge in [0.2, 0.25) is 0 Å². The van der Waals surface area contributed by atoms with E-state index < -0.39 is 17.7 Å². The summed E-state index contributed by atoms with van der Waals surface area (Å²) < 4.78 is 37.1. The average molecular weight is 348 g/mol. The molecule has 0 spiro atoms. The maximum atomic E-state index is 13.6. The minimum Gasteiger partial charge on any atom is -0.497 e. The molecule has 1 aliphatic heterocycles. The van der Waals surface area contributed by atoms with Crippen molar-refractivity contribution in [3.63, 3.8) is 0 Å². The maximum Gasteiger partial charge on any atom is 0.319 e. The SMILES string of the molecule is COc1ccc([C@H]2COC[C@H]2NC(=O)Nc2ccc(F)cc2F)cc1. The van der Waals surface area contributed by atoms with E-state index in [2.05, 4.69) is 10.6 Å². The molecule has 5 nitrogen and oxygen atoms in total. The Morgan fingerprint density at radius 1 is 1.16 bits per heavy atom. The molecule has 2 amide bonds. The highest BCUT2D eigenvalue weighted by Crippen LogP contribution is 2.27. The van der Waals surface area contributed by atoms with Crippen molar-refractivity contribution in [1.29, 1.82) is 0 Å². The third-order valence-corrected chi connectivity index (χ3v) is 4.12. The molecule has 25 heavy (non-hydrogen) atoms. The number of amides is 2. The zero-order chi connectivity index (χ0) is 17.8. The van der Waals surface area contributed by atoms with Crippen molar-refractivity contribution in [2.75, 3.05) is 25.6 Å². The Morgan fingerprint density at radius 2 is 1.92 bits per heavy atom. The van der Waals surface area contributed by atoms with Crippen LogP contribution in [-0.2, 0) is 4.74 Å². The molecular formula is C18H18F2N2O3. The van der Waals surface area contributed by atoms with Crippen LogP contribution < -0.4 is 15.4 Å². The summed E-state index contributed by atoms with van der Waals surface area (Å²) in [5, 5.41) is 5.17. The number of ether oxygens (including phenoxy) is 2. The van der Waals surface area contributed by atoms with E-state index in [-0.39, 0.29) is 17.6 Å². The van der Waals surface area contributed by atoms with E-state index in [4.69, 9.17) is 9.47 Å². The monoisotopic (exact) mass is 348 g/mol. The Kier molecular flexibility index (Phi) is 5.14. The van der Waals surface area contributed by atoms with E-state index in [1.54, 1.807) is 7.11 Å². The first kappa shape index (κ1) is 17.2. The van der Waals surface area contributed by atoms with Gasteiger partial charge in [-0.3, -0.25) is 0 Å². The molecule has 2 atom stereocenters. The number of halogens is 2. The third-order valence-electron chi connectivity index (χ3n) is 4.12. The van der Waals surface area contributed by atoms with Crippen molar-refractivity contribution in [1.82, 2.24) is 5.32 Å². The first-order valence-electron chi connectivity index (χ1n) is 7.81. The molecule has 2 N–H and O–H groups in total. The molecule has 2 aromatic carbocycles. The molecule has 1 saturated heterocycles. The lowest BCUT2D eigenvalue weighted by Gasteiger charge is -2.20. The number of hydrogen-bond acceptors (Lipinski definition) is 3. The predicted molar refractivity (Wildman–Crippen MR) is 88.9 cm³/mol. The van der Waals surface area contributed by atoms with Crippen LogP contribution in [0.25, 0.3) is 0 Å². The highest BCUT2D eigenvalue weighted by Gasteiger charge is 2.31. The largest absolute Gasteiger partial charge is 0.497 e. The first-order valence-corrected chi connectivity index (χ1v) is 7.81. The lowest BCUT2D eigenvalue weighted by molar-refractivity contribution is 0.187. The number of anilines is 1. The molecule has 0 aromatic heterocycles. The summed E-state index contributed by atoms with van der Waals surface area (Å²) >= 11 is 0. The van der Waals surface area contributed by atoms with Crippen LogP contribution in [0, 0.1) is 11.6 Å². The number of carbonyl (C=O) groups excluding carboxylic acids is 1. The summed E-state index contributed by atoms with van der Waals surface area (Å²) in [6.07, 6.45) is 0. The number of benzene rings is 2. The van der Waals surface area contributed by atoms with Gasteiger partial charge in [0, 0.05) is 12.0 Å². The van der Waals surface area contributed by atoms with Gasteiger partial charge in [0.1, 0.15) is 17.4 Å². The minimum absolute atomic E-state index is 0.0188. The van der Waals surface area contributed by atoms with Gasteiger partial charge in [0.25, 0.3) is 0 Å². The number of hydrogen-bond donors (Lipinski definition) is 2. The van der Waals surface area contributed by atoms with Crippen LogP contribution in [0.5, 0.6) is 5.75 Å². The second-order valence-corrected chi connectivity index (χ2v) is 5.75. The van der Waals surface area contributed by atoms with Gasteiger partial charge in [-0.15, -0.1) is 0 Å². The van der Waals surface area contributed by atoms with Gasteiger partial charge in [-0.1, -0.05) is 12.1 Å². The van der Waals surface area contributed by atoms with Crippen LogP contribution in [0.1, 0.15) is 11.5 Å². The zero-order valence-electron chi connectivity index (χ0n) is 13.6. The fraction of sp³-hybridized carbons (Fsp3) is 0.278. The standard InChI is InChI=1S/C18H18F2N2O3/c1-24-13-5-2-11(3-6-13)14-9-25-10-17(14)22-18(23)21-16-7-4-12(19)8-15(16)20/h2-8,14,17H,9-10H2,1H3,(H2,21,22,23)/t14-,17-/m1/s1. The number of methoxy groups -OCH3 is 1. The molecule has 0 aliphatic carbocycles. The van der Waals surface area contributed by atoms with Gasteiger partial charge >= 0.3 is 6.03 Å². The molecule has 0 radical (unpaired) electrons. The van der Waals surface area contributed by atoms with Crippen LogP contribution in [-0.4, -0.2) is 32.4 Å².